The zero-order valence-electron chi connectivity index (χ0n) is 21.0. The number of halogens is 2. The van der Waals surface area contributed by atoms with E-state index >= 15 is 0 Å². The average molecular weight is 540 g/mol. The van der Waals surface area contributed by atoms with E-state index in [0.717, 1.165) is 19.1 Å². The van der Waals surface area contributed by atoms with E-state index in [1.807, 2.05) is 13.8 Å². The minimum atomic E-state index is -3.60. The van der Waals surface area contributed by atoms with Crippen LogP contribution in [0.1, 0.15) is 51.5 Å². The number of hydrogen-bond acceptors (Lipinski definition) is 4. The van der Waals surface area contributed by atoms with Gasteiger partial charge in [0, 0.05) is 31.1 Å². The van der Waals surface area contributed by atoms with Crippen LogP contribution in [0.2, 0.25) is 5.02 Å². The van der Waals surface area contributed by atoms with Gasteiger partial charge in [0.15, 0.2) is 0 Å². The highest BCUT2D eigenvalue weighted by Gasteiger charge is 2.28. The van der Waals surface area contributed by atoms with Gasteiger partial charge >= 0.3 is 0 Å². The zero-order valence-corrected chi connectivity index (χ0v) is 22.6. The first kappa shape index (κ1) is 29.6. The maximum absolute atomic E-state index is 13.4. The molecule has 1 atom stereocenters. The third kappa shape index (κ3) is 9.09. The van der Waals surface area contributed by atoms with Crippen LogP contribution in [-0.4, -0.2) is 50.5 Å². The third-order valence-electron chi connectivity index (χ3n) is 5.73. The second-order valence-electron chi connectivity index (χ2n) is 8.64. The fourth-order valence-corrected chi connectivity index (χ4v) is 4.99. The molecule has 0 aliphatic rings. The molecule has 0 saturated heterocycles. The van der Waals surface area contributed by atoms with Crippen molar-refractivity contribution in [2.24, 2.45) is 0 Å². The predicted octanol–water partition coefficient (Wildman–Crippen LogP) is 4.75. The molecule has 2 rings (SSSR count). The van der Waals surface area contributed by atoms with Crippen molar-refractivity contribution in [2.45, 2.75) is 58.5 Å². The van der Waals surface area contributed by atoms with E-state index < -0.39 is 16.1 Å². The maximum Gasteiger partial charge on any atom is 0.242 e. The third-order valence-corrected chi connectivity index (χ3v) is 7.16. The minimum absolute atomic E-state index is 0.0342. The Balaban J connectivity index is 2.19. The molecule has 0 saturated carbocycles. The molecule has 2 aromatic carbocycles. The Kier molecular flexibility index (Phi) is 11.7. The van der Waals surface area contributed by atoms with Gasteiger partial charge in [-0.25, -0.2) is 12.8 Å². The van der Waals surface area contributed by atoms with E-state index in [1.54, 1.807) is 36.4 Å². The van der Waals surface area contributed by atoms with Crippen molar-refractivity contribution in [1.29, 1.82) is 0 Å². The molecular weight excluding hydrogens is 505 g/mol. The molecule has 36 heavy (non-hydrogen) atoms. The summed E-state index contributed by atoms with van der Waals surface area (Å²) in [5, 5.41) is 3.30. The van der Waals surface area contributed by atoms with Crippen molar-refractivity contribution in [1.82, 2.24) is 10.2 Å². The van der Waals surface area contributed by atoms with Gasteiger partial charge in [0.25, 0.3) is 0 Å². The topological polar surface area (TPSA) is 86.8 Å². The number of rotatable bonds is 14. The highest BCUT2D eigenvalue weighted by Crippen LogP contribution is 2.23. The van der Waals surface area contributed by atoms with Crippen LogP contribution in [-0.2, 0) is 26.2 Å². The Morgan fingerprint density at radius 1 is 1.08 bits per heavy atom. The molecule has 198 valence electrons. The van der Waals surface area contributed by atoms with Crippen molar-refractivity contribution >= 4 is 39.1 Å². The second-order valence-corrected chi connectivity index (χ2v) is 11.0. The first-order valence-corrected chi connectivity index (χ1v) is 14.3. The Hall–Kier alpha value is -2.65. The normalized spacial score (nSPS) is 12.1. The number of amides is 2. The van der Waals surface area contributed by atoms with Crippen LogP contribution in [0, 0.1) is 5.82 Å². The van der Waals surface area contributed by atoms with Crippen LogP contribution in [0.3, 0.4) is 0 Å². The zero-order chi connectivity index (χ0) is 26.7. The van der Waals surface area contributed by atoms with Crippen LogP contribution >= 0.6 is 11.6 Å². The van der Waals surface area contributed by atoms with Gasteiger partial charge in [0.1, 0.15) is 11.9 Å². The summed E-state index contributed by atoms with van der Waals surface area (Å²) in [4.78, 5) is 27.8. The van der Waals surface area contributed by atoms with Crippen molar-refractivity contribution in [3.63, 3.8) is 0 Å². The summed E-state index contributed by atoms with van der Waals surface area (Å²) in [5.74, 6) is -0.905. The number of carbonyl (C=O) groups is 2. The molecule has 0 bridgehead atoms. The molecule has 2 amide bonds. The average Bonchev–Trinajstić information content (AvgIpc) is 2.82. The quantitative estimate of drug-likeness (QED) is 0.351. The highest BCUT2D eigenvalue weighted by molar-refractivity contribution is 7.92. The molecule has 0 spiro atoms. The van der Waals surface area contributed by atoms with Gasteiger partial charge in [-0.3, -0.25) is 13.9 Å². The summed E-state index contributed by atoms with van der Waals surface area (Å²) in [6.45, 7) is 4.60. The predicted molar refractivity (Wildman–Crippen MR) is 142 cm³/mol. The second kappa shape index (κ2) is 14.2. The van der Waals surface area contributed by atoms with Crippen molar-refractivity contribution in [2.75, 3.05) is 23.7 Å². The van der Waals surface area contributed by atoms with Crippen molar-refractivity contribution < 1.29 is 22.4 Å². The number of benzene rings is 2. The number of anilines is 1. The van der Waals surface area contributed by atoms with Crippen LogP contribution in [0.4, 0.5) is 10.1 Å². The fraction of sp³-hybridized carbons (Fsp3) is 0.462. The molecule has 7 nitrogen and oxygen atoms in total. The summed E-state index contributed by atoms with van der Waals surface area (Å²) in [6, 6.07) is 11.6. The lowest BCUT2D eigenvalue weighted by Gasteiger charge is -2.31. The maximum atomic E-state index is 13.4. The van der Waals surface area contributed by atoms with Gasteiger partial charge in [-0.15, -0.1) is 0 Å². The van der Waals surface area contributed by atoms with Crippen LogP contribution < -0.4 is 9.62 Å². The highest BCUT2D eigenvalue weighted by atomic mass is 35.5. The number of nitrogens with zero attached hydrogens (tertiary/aromatic N) is 2. The van der Waals surface area contributed by atoms with Crippen molar-refractivity contribution in [3.8, 4) is 0 Å². The first-order valence-electron chi connectivity index (χ1n) is 12.1. The number of unbranched alkanes of at least 4 members (excludes halogenated alkanes) is 1. The first-order chi connectivity index (χ1) is 17.1. The molecule has 1 N–H and O–H groups in total. The van der Waals surface area contributed by atoms with Gasteiger partial charge in [0.2, 0.25) is 21.8 Å². The summed E-state index contributed by atoms with van der Waals surface area (Å²) < 4.78 is 39.4. The molecule has 0 aliphatic carbocycles. The molecule has 0 aliphatic heterocycles. The Morgan fingerprint density at radius 3 is 2.36 bits per heavy atom. The molecule has 0 heterocycles. The lowest BCUT2D eigenvalue weighted by atomic mass is 10.1. The largest absolute Gasteiger partial charge is 0.354 e. The van der Waals surface area contributed by atoms with E-state index in [9.17, 15) is 22.4 Å². The van der Waals surface area contributed by atoms with Crippen LogP contribution in [0.15, 0.2) is 48.5 Å². The monoisotopic (exact) mass is 539 g/mol. The van der Waals surface area contributed by atoms with Gasteiger partial charge < -0.3 is 10.2 Å². The summed E-state index contributed by atoms with van der Waals surface area (Å²) in [5.41, 5.74) is 1.11. The molecule has 0 radical (unpaired) electrons. The van der Waals surface area contributed by atoms with Crippen LogP contribution in [0.25, 0.3) is 0 Å². The van der Waals surface area contributed by atoms with Gasteiger partial charge in [-0.1, -0.05) is 50.1 Å². The molecule has 0 fully saturated rings. The van der Waals surface area contributed by atoms with Crippen LogP contribution in [0.5, 0.6) is 0 Å². The molecule has 0 unspecified atom stereocenters. The van der Waals surface area contributed by atoms with Crippen molar-refractivity contribution in [3.05, 3.63) is 64.9 Å². The molecular formula is C26H35ClFN3O4S. The minimum Gasteiger partial charge on any atom is -0.354 e. The number of hydrogen-bond donors (Lipinski definition) is 1. The fourth-order valence-electron chi connectivity index (χ4n) is 3.85. The smallest absolute Gasteiger partial charge is 0.242 e. The number of nitrogens with one attached hydrogen (secondary N) is 1. The molecule has 2 aromatic rings. The van der Waals surface area contributed by atoms with E-state index in [4.69, 9.17) is 11.6 Å². The van der Waals surface area contributed by atoms with E-state index in [2.05, 4.69) is 5.32 Å². The van der Waals surface area contributed by atoms with Gasteiger partial charge in [-0.2, -0.15) is 0 Å². The standard InChI is InChI=1S/C26H35ClFN3O4S/c1-4-6-16-29-26(33)24(5-2)30(19-20-12-14-22(28)15-13-20)25(32)11-8-17-31(36(3,34)35)23-10-7-9-21(27)18-23/h7,9-10,12-15,18,24H,4-6,8,11,16-17,19H2,1-3H3,(H,29,33)/t24-/m0/s1. The summed E-state index contributed by atoms with van der Waals surface area (Å²) in [6.07, 6.45) is 3.55. The Bertz CT molecular complexity index is 1110. The van der Waals surface area contributed by atoms with E-state index in [-0.39, 0.29) is 43.6 Å². The number of carbonyl (C=O) groups excluding carboxylic acids is 2. The molecule has 10 heteroatoms. The lowest BCUT2D eigenvalue weighted by molar-refractivity contribution is -0.141. The summed E-state index contributed by atoms with van der Waals surface area (Å²) in [7, 11) is -3.60. The van der Waals surface area contributed by atoms with Gasteiger partial charge in [-0.05, 0) is 55.2 Å². The SMILES string of the molecule is CCCCNC(=O)[C@H](CC)N(Cc1ccc(F)cc1)C(=O)CCCN(c1cccc(Cl)c1)S(C)(=O)=O. The molecule has 0 aromatic heterocycles. The Morgan fingerprint density at radius 2 is 1.78 bits per heavy atom. The van der Waals surface area contributed by atoms with Gasteiger partial charge in [0.05, 0.1) is 11.9 Å². The van der Waals surface area contributed by atoms with E-state index in [0.29, 0.717) is 29.2 Å². The summed E-state index contributed by atoms with van der Waals surface area (Å²) >= 11 is 6.03. The van der Waals surface area contributed by atoms with E-state index in [1.165, 1.54) is 21.3 Å². The Labute approximate surface area is 218 Å². The lowest BCUT2D eigenvalue weighted by Crippen LogP contribution is -2.49. The number of sulfonamides is 1.